The molecule has 90 valence electrons. The van der Waals surface area contributed by atoms with Gasteiger partial charge >= 0.3 is 0 Å². The lowest BCUT2D eigenvalue weighted by molar-refractivity contribution is 0.602. The molecular weight excluding hydrogens is 280 g/mol. The van der Waals surface area contributed by atoms with Gasteiger partial charge in [-0.15, -0.1) is 0 Å². The summed E-state index contributed by atoms with van der Waals surface area (Å²) in [4.78, 5) is 4.10. The van der Waals surface area contributed by atoms with Gasteiger partial charge in [-0.1, -0.05) is 6.92 Å². The minimum Gasteiger partial charge on any atom is -0.380 e. The predicted octanol–water partition coefficient (Wildman–Crippen LogP) is 3.06. The van der Waals surface area contributed by atoms with Gasteiger partial charge in [-0.3, -0.25) is 9.67 Å². The fourth-order valence-electron chi connectivity index (χ4n) is 1.56. The van der Waals surface area contributed by atoms with Gasteiger partial charge in [-0.25, -0.2) is 0 Å². The quantitative estimate of drug-likeness (QED) is 0.922. The Kier molecular flexibility index (Phi) is 4.14. The fourth-order valence-corrected chi connectivity index (χ4v) is 1.93. The summed E-state index contributed by atoms with van der Waals surface area (Å²) < 4.78 is 2.94. The summed E-state index contributed by atoms with van der Waals surface area (Å²) in [6.07, 6.45) is 8.64. The van der Waals surface area contributed by atoms with E-state index in [2.05, 4.69) is 44.4 Å². The first-order valence-electron chi connectivity index (χ1n) is 5.63. The second kappa shape index (κ2) is 5.82. The Labute approximate surface area is 109 Å². The maximum absolute atomic E-state index is 4.29. The molecule has 2 rings (SSSR count). The van der Waals surface area contributed by atoms with Crippen LogP contribution in [0.25, 0.3) is 0 Å². The van der Waals surface area contributed by atoms with Gasteiger partial charge in [-0.05, 0) is 28.4 Å². The molecular formula is C12H15BrN4. The van der Waals surface area contributed by atoms with Crippen molar-refractivity contribution in [3.63, 3.8) is 0 Å². The molecule has 0 bridgehead atoms. The Hall–Kier alpha value is -1.36. The second-order valence-electron chi connectivity index (χ2n) is 3.86. The topological polar surface area (TPSA) is 42.7 Å². The highest BCUT2D eigenvalue weighted by atomic mass is 79.9. The third-order valence-corrected chi connectivity index (χ3v) is 2.77. The third kappa shape index (κ3) is 3.56. The molecule has 5 heteroatoms. The number of pyridine rings is 1. The Morgan fingerprint density at radius 3 is 3.00 bits per heavy atom. The third-order valence-electron chi connectivity index (χ3n) is 2.34. The maximum atomic E-state index is 4.29. The van der Waals surface area contributed by atoms with E-state index in [0.717, 1.165) is 29.7 Å². The average molecular weight is 295 g/mol. The highest BCUT2D eigenvalue weighted by Crippen LogP contribution is 2.14. The van der Waals surface area contributed by atoms with E-state index in [1.54, 1.807) is 12.4 Å². The van der Waals surface area contributed by atoms with E-state index in [0.29, 0.717) is 0 Å². The number of nitrogens with one attached hydrogen (secondary N) is 1. The summed E-state index contributed by atoms with van der Waals surface area (Å²) in [6.45, 7) is 3.88. The molecule has 2 aromatic rings. The predicted molar refractivity (Wildman–Crippen MR) is 71.8 cm³/mol. The van der Waals surface area contributed by atoms with Crippen molar-refractivity contribution in [3.05, 3.63) is 40.9 Å². The van der Waals surface area contributed by atoms with Gasteiger partial charge in [0.2, 0.25) is 0 Å². The molecule has 0 saturated carbocycles. The summed E-state index contributed by atoms with van der Waals surface area (Å²) in [5.74, 6) is 0. The van der Waals surface area contributed by atoms with Crippen molar-refractivity contribution >= 4 is 21.6 Å². The van der Waals surface area contributed by atoms with Crippen LogP contribution in [0.4, 0.5) is 5.69 Å². The molecule has 0 aliphatic rings. The molecule has 0 radical (unpaired) electrons. The van der Waals surface area contributed by atoms with E-state index in [1.165, 1.54) is 5.56 Å². The Bertz CT molecular complexity index is 481. The number of aromatic nitrogens is 3. The number of aryl methyl sites for hydroxylation is 1. The van der Waals surface area contributed by atoms with Gasteiger partial charge in [-0.2, -0.15) is 5.10 Å². The second-order valence-corrected chi connectivity index (χ2v) is 4.77. The van der Waals surface area contributed by atoms with Crippen molar-refractivity contribution in [1.82, 2.24) is 14.8 Å². The number of nitrogens with zero attached hydrogens (tertiary/aromatic N) is 3. The average Bonchev–Trinajstić information content (AvgIpc) is 2.75. The van der Waals surface area contributed by atoms with E-state index in [-0.39, 0.29) is 0 Å². The molecule has 17 heavy (non-hydrogen) atoms. The molecule has 0 aliphatic carbocycles. The number of anilines is 1. The molecule has 2 aromatic heterocycles. The molecule has 0 atom stereocenters. The van der Waals surface area contributed by atoms with E-state index < -0.39 is 0 Å². The molecule has 0 aliphatic heterocycles. The molecule has 2 heterocycles. The minimum atomic E-state index is 0.766. The smallest absolute Gasteiger partial charge is 0.0540 e. The number of hydrogen-bond acceptors (Lipinski definition) is 3. The van der Waals surface area contributed by atoms with Gasteiger partial charge in [0, 0.05) is 35.5 Å². The van der Waals surface area contributed by atoms with Crippen LogP contribution < -0.4 is 5.32 Å². The SMILES string of the molecule is CCCn1cc(CNc2cncc(Br)c2)cn1. The summed E-state index contributed by atoms with van der Waals surface area (Å²) in [7, 11) is 0. The van der Waals surface area contributed by atoms with Gasteiger partial charge in [0.05, 0.1) is 18.1 Å². The van der Waals surface area contributed by atoms with Crippen LogP contribution in [0.5, 0.6) is 0 Å². The van der Waals surface area contributed by atoms with E-state index >= 15 is 0 Å². The number of halogens is 1. The molecule has 0 aromatic carbocycles. The summed E-state index contributed by atoms with van der Waals surface area (Å²) in [5, 5.41) is 7.60. The van der Waals surface area contributed by atoms with Crippen molar-refractivity contribution < 1.29 is 0 Å². The number of hydrogen-bond donors (Lipinski definition) is 1. The summed E-state index contributed by atoms with van der Waals surface area (Å²) in [6, 6.07) is 2.00. The first-order chi connectivity index (χ1) is 8.28. The zero-order valence-corrected chi connectivity index (χ0v) is 11.3. The van der Waals surface area contributed by atoms with Crippen molar-refractivity contribution in [2.75, 3.05) is 5.32 Å². The van der Waals surface area contributed by atoms with E-state index in [9.17, 15) is 0 Å². The molecule has 0 unspecified atom stereocenters. The molecule has 0 saturated heterocycles. The lowest BCUT2D eigenvalue weighted by Gasteiger charge is -2.04. The highest BCUT2D eigenvalue weighted by molar-refractivity contribution is 9.10. The van der Waals surface area contributed by atoms with Gasteiger partial charge < -0.3 is 5.32 Å². The van der Waals surface area contributed by atoms with Gasteiger partial charge in [0.25, 0.3) is 0 Å². The Morgan fingerprint density at radius 1 is 1.35 bits per heavy atom. The van der Waals surface area contributed by atoms with Crippen LogP contribution in [0.1, 0.15) is 18.9 Å². The van der Waals surface area contributed by atoms with Crippen LogP contribution in [-0.4, -0.2) is 14.8 Å². The first kappa shape index (κ1) is 12.1. The first-order valence-corrected chi connectivity index (χ1v) is 6.43. The van der Waals surface area contributed by atoms with Crippen molar-refractivity contribution in [3.8, 4) is 0 Å². The molecule has 4 nitrogen and oxygen atoms in total. The van der Waals surface area contributed by atoms with Crippen LogP contribution in [0.3, 0.4) is 0 Å². The molecule has 0 spiro atoms. The monoisotopic (exact) mass is 294 g/mol. The fraction of sp³-hybridized carbons (Fsp3) is 0.333. The number of rotatable bonds is 5. The van der Waals surface area contributed by atoms with Crippen LogP contribution >= 0.6 is 15.9 Å². The lowest BCUT2D eigenvalue weighted by Crippen LogP contribution is -1.99. The van der Waals surface area contributed by atoms with Crippen LogP contribution in [0.2, 0.25) is 0 Å². The summed E-state index contributed by atoms with van der Waals surface area (Å²) in [5.41, 5.74) is 2.18. The standard InChI is InChI=1S/C12H15BrN4/c1-2-3-17-9-10(6-16-17)5-15-12-4-11(13)7-14-8-12/h4,6-9,15H,2-3,5H2,1H3. The lowest BCUT2D eigenvalue weighted by atomic mass is 10.3. The largest absolute Gasteiger partial charge is 0.380 e. The van der Waals surface area contributed by atoms with Crippen molar-refractivity contribution in [1.29, 1.82) is 0 Å². The normalized spacial score (nSPS) is 10.5. The minimum absolute atomic E-state index is 0.766. The van der Waals surface area contributed by atoms with Crippen LogP contribution in [0, 0.1) is 0 Å². The maximum Gasteiger partial charge on any atom is 0.0540 e. The van der Waals surface area contributed by atoms with Gasteiger partial charge in [0.15, 0.2) is 0 Å². The zero-order chi connectivity index (χ0) is 12.1. The van der Waals surface area contributed by atoms with Crippen LogP contribution in [0.15, 0.2) is 35.3 Å². The molecule has 0 amide bonds. The van der Waals surface area contributed by atoms with Crippen LogP contribution in [-0.2, 0) is 13.1 Å². The Morgan fingerprint density at radius 2 is 2.24 bits per heavy atom. The zero-order valence-electron chi connectivity index (χ0n) is 9.73. The highest BCUT2D eigenvalue weighted by Gasteiger charge is 1.99. The van der Waals surface area contributed by atoms with Gasteiger partial charge in [0.1, 0.15) is 0 Å². The van der Waals surface area contributed by atoms with Crippen molar-refractivity contribution in [2.24, 2.45) is 0 Å². The van der Waals surface area contributed by atoms with Crippen molar-refractivity contribution in [2.45, 2.75) is 26.4 Å². The Balaban J connectivity index is 1.93. The molecule has 0 fully saturated rings. The molecule has 1 N–H and O–H groups in total. The van der Waals surface area contributed by atoms with E-state index in [4.69, 9.17) is 0 Å². The summed E-state index contributed by atoms with van der Waals surface area (Å²) >= 11 is 3.39. The van der Waals surface area contributed by atoms with E-state index in [1.807, 2.05) is 16.9 Å².